The average Bonchev–Trinajstić information content (AvgIpc) is 2.96. The van der Waals surface area contributed by atoms with Gasteiger partial charge in [0.15, 0.2) is 18.1 Å². The van der Waals surface area contributed by atoms with Crippen LogP contribution in [-0.4, -0.2) is 94.1 Å². The molecule has 0 aliphatic carbocycles. The highest BCUT2D eigenvalue weighted by atomic mass is 32.2. The highest BCUT2D eigenvalue weighted by Crippen LogP contribution is 2.31. The molecule has 1 fully saturated rings. The molecule has 1 aliphatic heterocycles. The molecule has 1 aromatic carbocycles. The minimum absolute atomic E-state index is 0.0209. The molecule has 2 N–H and O–H groups in total. The lowest BCUT2D eigenvalue weighted by Gasteiger charge is -2.44. The zero-order chi connectivity index (χ0) is 37.1. The minimum Gasteiger partial charge on any atom is -0.463 e. The van der Waals surface area contributed by atoms with Crippen molar-refractivity contribution in [1.29, 1.82) is 10.8 Å². The molecular formula is C33H46N2O13S. The Labute approximate surface area is 286 Å². The molecule has 16 heteroatoms. The Balaban J connectivity index is 2.42. The molecule has 0 spiro atoms. The summed E-state index contributed by atoms with van der Waals surface area (Å²) in [5, 5.41) is 17.8. The molecule has 1 saturated heterocycles. The van der Waals surface area contributed by atoms with Crippen LogP contribution in [0.15, 0.2) is 24.3 Å². The first-order valence-corrected chi connectivity index (χ1v) is 17.3. The zero-order valence-electron chi connectivity index (χ0n) is 29.0. The summed E-state index contributed by atoms with van der Waals surface area (Å²) in [6.07, 6.45) is -2.08. The van der Waals surface area contributed by atoms with Crippen LogP contribution in [0.25, 0.3) is 6.08 Å². The van der Waals surface area contributed by atoms with E-state index >= 15 is 0 Å². The lowest BCUT2D eigenvalue weighted by Crippen LogP contribution is -2.63. The van der Waals surface area contributed by atoms with Gasteiger partial charge in [0, 0.05) is 33.4 Å². The third kappa shape index (κ3) is 13.7. The quantitative estimate of drug-likeness (QED) is 0.0630. The van der Waals surface area contributed by atoms with E-state index in [1.807, 2.05) is 31.2 Å². The first-order valence-electron chi connectivity index (χ1n) is 15.5. The number of nitrogens with one attached hydrogen (secondary N) is 2. The number of ether oxygens (including phenoxy) is 6. The Morgan fingerprint density at radius 2 is 1.49 bits per heavy atom. The van der Waals surface area contributed by atoms with Gasteiger partial charge in [0.25, 0.3) is 10.1 Å². The Bertz CT molecular complexity index is 1520. The molecule has 1 aliphatic rings. The molecule has 272 valence electrons. The summed E-state index contributed by atoms with van der Waals surface area (Å²) in [4.78, 5) is 48.0. The fourth-order valence-corrected chi connectivity index (χ4v) is 5.39. The average molecular weight is 711 g/mol. The van der Waals surface area contributed by atoms with Gasteiger partial charge in [-0.2, -0.15) is 8.42 Å². The first-order chi connectivity index (χ1) is 22.8. The van der Waals surface area contributed by atoms with Gasteiger partial charge in [-0.15, -0.1) is 0 Å². The van der Waals surface area contributed by atoms with Gasteiger partial charge in [0.05, 0.1) is 18.8 Å². The lowest BCUT2D eigenvalue weighted by atomic mass is 9.86. The number of esters is 4. The molecule has 2 rings (SSSR count). The summed E-state index contributed by atoms with van der Waals surface area (Å²) in [6.45, 7) is 9.49. The van der Waals surface area contributed by atoms with E-state index in [-0.39, 0.29) is 24.7 Å². The maximum absolute atomic E-state index is 12.2. The Morgan fingerprint density at radius 1 is 0.898 bits per heavy atom. The van der Waals surface area contributed by atoms with E-state index < -0.39 is 83.1 Å². The number of hydrogen-bond acceptors (Lipinski definition) is 15. The second-order valence-corrected chi connectivity index (χ2v) is 13.5. The molecular weight excluding hydrogens is 664 g/mol. The third-order valence-corrected chi connectivity index (χ3v) is 7.78. The van der Waals surface area contributed by atoms with E-state index in [1.165, 1.54) is 0 Å². The molecule has 15 nitrogen and oxygen atoms in total. The molecule has 0 amide bonds. The van der Waals surface area contributed by atoms with E-state index in [0.717, 1.165) is 50.6 Å². The smallest absolute Gasteiger partial charge is 0.303 e. The van der Waals surface area contributed by atoms with Gasteiger partial charge in [-0.05, 0) is 42.4 Å². The van der Waals surface area contributed by atoms with E-state index in [4.69, 9.17) is 43.4 Å². The molecule has 0 radical (unpaired) electrons. The van der Waals surface area contributed by atoms with Gasteiger partial charge in [0.1, 0.15) is 12.7 Å². The van der Waals surface area contributed by atoms with Gasteiger partial charge in [0.2, 0.25) is 12.4 Å². The fourth-order valence-electron chi connectivity index (χ4n) is 5.00. The van der Waals surface area contributed by atoms with Crippen molar-refractivity contribution in [1.82, 2.24) is 0 Å². The van der Waals surface area contributed by atoms with Crippen LogP contribution in [0.5, 0.6) is 0 Å². The van der Waals surface area contributed by atoms with Crippen LogP contribution in [0.2, 0.25) is 0 Å². The second-order valence-electron chi connectivity index (χ2n) is 11.8. The van der Waals surface area contributed by atoms with E-state index in [1.54, 1.807) is 19.9 Å². The highest BCUT2D eigenvalue weighted by Gasteiger charge is 2.54. The normalized spacial score (nSPS) is 21.4. The standard InChI is InChI=1S/C33H46N2O13S/c1-18(2)28(34)26(16-25-13-12-24(15-19(25)3)11-9-10-14-43-49(8,40)41)32(35)48-33-31(46-23(7)39)30(45-22(6)38)29(44-21(5)37)27(47-33)17-42-20(4)36/h9,11-13,15,18,26-27,29-31,33-35H,10,14,16-17H2,1-8H3/t26?,27-,29-,30+,31-,33+/m1/s1. The van der Waals surface area contributed by atoms with Gasteiger partial charge >= 0.3 is 23.9 Å². The van der Waals surface area contributed by atoms with Crippen LogP contribution in [0, 0.1) is 29.6 Å². The fraction of sp³-hybridized carbons (Fsp3) is 0.576. The van der Waals surface area contributed by atoms with E-state index in [0.29, 0.717) is 6.42 Å². The molecule has 0 aromatic heterocycles. The number of rotatable bonds is 16. The molecule has 0 saturated carbocycles. The maximum Gasteiger partial charge on any atom is 0.303 e. The summed E-state index contributed by atoms with van der Waals surface area (Å²) in [5.41, 5.74) is 2.68. The van der Waals surface area contributed by atoms with Gasteiger partial charge < -0.3 is 33.8 Å². The maximum atomic E-state index is 12.2. The minimum atomic E-state index is -3.52. The monoisotopic (exact) mass is 710 g/mol. The third-order valence-electron chi connectivity index (χ3n) is 7.19. The van der Waals surface area contributed by atoms with Crippen LogP contribution in [-0.2, 0) is 68.3 Å². The van der Waals surface area contributed by atoms with Crippen molar-refractivity contribution >= 4 is 51.7 Å². The summed E-state index contributed by atoms with van der Waals surface area (Å²) in [5.74, 6) is -4.68. The van der Waals surface area contributed by atoms with Gasteiger partial charge in [-0.3, -0.25) is 28.8 Å². The van der Waals surface area contributed by atoms with Crippen molar-refractivity contribution in [3.63, 3.8) is 0 Å². The molecule has 6 atom stereocenters. The summed E-state index contributed by atoms with van der Waals surface area (Å²) in [6, 6.07) is 5.60. The molecule has 0 bridgehead atoms. The number of benzene rings is 1. The van der Waals surface area contributed by atoms with E-state index in [2.05, 4.69) is 0 Å². The molecule has 1 unspecified atom stereocenters. The second kappa shape index (κ2) is 18.6. The summed E-state index contributed by atoms with van der Waals surface area (Å²) >= 11 is 0. The number of aryl methyl sites for hydroxylation is 1. The SMILES string of the molecule is CC(=O)OC[C@H]1O[C@@H](OC(=N)C(Cc2ccc(C=CCCOS(C)(=O)=O)cc2C)C(=N)C(C)C)[C@H](OC(C)=O)[C@@H](OC(C)=O)[C@@H]1OC(C)=O. The van der Waals surface area contributed by atoms with Crippen molar-refractivity contribution in [3.8, 4) is 0 Å². The predicted molar refractivity (Wildman–Crippen MR) is 176 cm³/mol. The van der Waals surface area contributed by atoms with Gasteiger partial charge in [-0.25, -0.2) is 0 Å². The molecule has 1 heterocycles. The van der Waals surface area contributed by atoms with Crippen molar-refractivity contribution in [2.45, 2.75) is 92.0 Å². The Morgan fingerprint density at radius 3 is 2.02 bits per heavy atom. The number of carbonyl (C=O) groups excluding carboxylic acids is 4. The largest absolute Gasteiger partial charge is 0.463 e. The predicted octanol–water partition coefficient (Wildman–Crippen LogP) is 3.29. The number of hydrogen-bond donors (Lipinski definition) is 2. The summed E-state index contributed by atoms with van der Waals surface area (Å²) in [7, 11) is -3.52. The van der Waals surface area contributed by atoms with Crippen LogP contribution < -0.4 is 0 Å². The van der Waals surface area contributed by atoms with Crippen LogP contribution in [0.4, 0.5) is 0 Å². The van der Waals surface area contributed by atoms with Crippen molar-refractivity contribution in [2.75, 3.05) is 19.5 Å². The first kappa shape index (κ1) is 41.0. The van der Waals surface area contributed by atoms with Crippen molar-refractivity contribution in [3.05, 3.63) is 41.0 Å². The molecule has 49 heavy (non-hydrogen) atoms. The topological polar surface area (TPSA) is 215 Å². The van der Waals surface area contributed by atoms with Gasteiger partial charge in [-0.1, -0.05) is 44.2 Å². The number of carbonyl (C=O) groups is 4. The van der Waals surface area contributed by atoms with Crippen LogP contribution in [0.3, 0.4) is 0 Å². The van der Waals surface area contributed by atoms with Crippen LogP contribution >= 0.6 is 0 Å². The lowest BCUT2D eigenvalue weighted by molar-refractivity contribution is -0.292. The Kier molecular flexibility index (Phi) is 15.5. The summed E-state index contributed by atoms with van der Waals surface area (Å²) < 4.78 is 60.4. The highest BCUT2D eigenvalue weighted by molar-refractivity contribution is 7.85. The van der Waals surface area contributed by atoms with Crippen molar-refractivity contribution < 1.29 is 60.2 Å². The Hall–Kier alpha value is -4.15. The van der Waals surface area contributed by atoms with Crippen LogP contribution in [0.1, 0.15) is 64.7 Å². The van der Waals surface area contributed by atoms with Crippen molar-refractivity contribution in [2.24, 2.45) is 11.8 Å². The van der Waals surface area contributed by atoms with E-state index in [9.17, 15) is 27.6 Å². The zero-order valence-corrected chi connectivity index (χ0v) is 29.8. The molecule has 1 aromatic rings.